The molecule has 1 amide bonds. The van der Waals surface area contributed by atoms with E-state index in [4.69, 9.17) is 16.1 Å². The van der Waals surface area contributed by atoms with Crippen molar-refractivity contribution in [1.82, 2.24) is 15.0 Å². The molecule has 0 spiro atoms. The van der Waals surface area contributed by atoms with E-state index in [1.54, 1.807) is 31.1 Å². The van der Waals surface area contributed by atoms with E-state index in [1.165, 1.54) is 0 Å². The molecule has 112 valence electrons. The maximum atomic E-state index is 11.6. The number of benzene rings is 1. The molecule has 1 N–H and O–H groups in total. The topological polar surface area (TPSA) is 63.7 Å². The molecule has 2 aromatic rings. The number of carbonyl (C=O) groups is 1. The summed E-state index contributed by atoms with van der Waals surface area (Å²) >= 11 is 5.84. The zero-order chi connectivity index (χ0) is 15.4. The average molecular weight is 310 g/mol. The summed E-state index contributed by atoms with van der Waals surface area (Å²) in [6.07, 6.45) is 0. The molecule has 1 aromatic heterocycles. The molecular weight excluding hydrogens is 292 g/mol. The molecule has 2 rings (SSSR count). The second-order valence-corrected chi connectivity index (χ2v) is 5.55. The van der Waals surface area contributed by atoms with Gasteiger partial charge in [-0.2, -0.15) is 4.98 Å². The molecule has 0 bridgehead atoms. The highest BCUT2D eigenvalue weighted by Crippen LogP contribution is 2.18. The lowest BCUT2D eigenvalue weighted by atomic mass is 10.2. The summed E-state index contributed by atoms with van der Waals surface area (Å²) in [7, 11) is 5.38. The van der Waals surface area contributed by atoms with Crippen LogP contribution >= 0.6 is 11.6 Å². The highest BCUT2D eigenvalue weighted by Gasteiger charge is 2.16. The van der Waals surface area contributed by atoms with Crippen LogP contribution in [-0.4, -0.2) is 48.6 Å². The van der Waals surface area contributed by atoms with Gasteiger partial charge in [-0.25, -0.2) is 0 Å². The number of carbonyl (C=O) groups excluding carboxylic acids is 1. The molecule has 21 heavy (non-hydrogen) atoms. The SMILES string of the molecule is CN(C)C(=O)C[NH+](C)Cc1nc(-c2ccc(Cl)cc2)no1. The standard InChI is InChI=1S/C14H17ClN4O2/c1-18(2)13(20)9-19(3)8-12-16-14(17-21-12)10-4-6-11(15)7-5-10/h4-7H,8-9H2,1-3H3/p+1. The minimum absolute atomic E-state index is 0.0601. The number of nitrogens with one attached hydrogen (secondary N) is 1. The van der Waals surface area contributed by atoms with Gasteiger partial charge in [0, 0.05) is 24.7 Å². The van der Waals surface area contributed by atoms with Crippen LogP contribution in [-0.2, 0) is 11.3 Å². The third kappa shape index (κ3) is 4.27. The predicted molar refractivity (Wildman–Crippen MR) is 78.9 cm³/mol. The lowest BCUT2D eigenvalue weighted by Gasteiger charge is -2.14. The Hall–Kier alpha value is -1.92. The van der Waals surface area contributed by atoms with Crippen LogP contribution in [0, 0.1) is 0 Å². The molecule has 0 aliphatic rings. The average Bonchev–Trinajstić information content (AvgIpc) is 2.87. The minimum atomic E-state index is 0.0601. The van der Waals surface area contributed by atoms with E-state index in [1.807, 2.05) is 19.2 Å². The van der Waals surface area contributed by atoms with E-state index in [0.717, 1.165) is 10.5 Å². The Bertz CT molecular complexity index is 610. The second kappa shape index (κ2) is 6.69. The largest absolute Gasteiger partial charge is 0.344 e. The number of hydrogen-bond acceptors (Lipinski definition) is 4. The first-order valence-corrected chi connectivity index (χ1v) is 6.93. The van der Waals surface area contributed by atoms with Crippen molar-refractivity contribution < 1.29 is 14.2 Å². The first-order valence-electron chi connectivity index (χ1n) is 6.55. The van der Waals surface area contributed by atoms with Crippen LogP contribution in [0.25, 0.3) is 11.4 Å². The van der Waals surface area contributed by atoms with Gasteiger partial charge in [0.1, 0.15) is 0 Å². The Morgan fingerprint density at radius 3 is 2.62 bits per heavy atom. The van der Waals surface area contributed by atoms with Gasteiger partial charge in [-0.1, -0.05) is 16.8 Å². The number of likely N-dealkylation sites (N-methyl/N-ethyl adjacent to an activating group) is 2. The van der Waals surface area contributed by atoms with Gasteiger partial charge in [0.2, 0.25) is 5.82 Å². The quantitative estimate of drug-likeness (QED) is 0.873. The zero-order valence-electron chi connectivity index (χ0n) is 12.3. The van der Waals surface area contributed by atoms with Gasteiger partial charge in [0.25, 0.3) is 11.8 Å². The molecule has 7 heteroatoms. The molecule has 0 radical (unpaired) electrons. The van der Waals surface area contributed by atoms with Crippen LogP contribution in [0.4, 0.5) is 0 Å². The Kier molecular flexibility index (Phi) is 4.93. The third-order valence-corrected chi connectivity index (χ3v) is 3.23. The number of amides is 1. The highest BCUT2D eigenvalue weighted by atomic mass is 35.5. The zero-order valence-corrected chi connectivity index (χ0v) is 13.0. The normalized spacial score (nSPS) is 12.2. The van der Waals surface area contributed by atoms with E-state index >= 15 is 0 Å². The van der Waals surface area contributed by atoms with Crippen LogP contribution < -0.4 is 4.90 Å². The summed E-state index contributed by atoms with van der Waals surface area (Å²) < 4.78 is 5.22. The van der Waals surface area contributed by atoms with E-state index in [0.29, 0.717) is 29.8 Å². The molecule has 0 saturated heterocycles. The summed E-state index contributed by atoms with van der Waals surface area (Å²) in [5.74, 6) is 1.09. The van der Waals surface area contributed by atoms with Crippen LogP contribution in [0.3, 0.4) is 0 Å². The summed E-state index contributed by atoms with van der Waals surface area (Å²) in [5, 5.41) is 4.61. The van der Waals surface area contributed by atoms with Crippen molar-refractivity contribution in [1.29, 1.82) is 0 Å². The van der Waals surface area contributed by atoms with Gasteiger partial charge in [0.15, 0.2) is 13.1 Å². The molecule has 1 atom stereocenters. The van der Waals surface area contributed by atoms with Crippen molar-refractivity contribution in [2.75, 3.05) is 27.7 Å². The lowest BCUT2D eigenvalue weighted by Crippen LogP contribution is -3.08. The van der Waals surface area contributed by atoms with Crippen molar-refractivity contribution in [3.05, 3.63) is 35.2 Å². The fraction of sp³-hybridized carbons (Fsp3) is 0.357. The third-order valence-electron chi connectivity index (χ3n) is 2.98. The summed E-state index contributed by atoms with van der Waals surface area (Å²) in [6, 6.07) is 7.23. The second-order valence-electron chi connectivity index (χ2n) is 5.12. The Labute approximate surface area is 128 Å². The molecule has 1 heterocycles. The van der Waals surface area contributed by atoms with Gasteiger partial charge >= 0.3 is 0 Å². The number of quaternary nitrogens is 1. The van der Waals surface area contributed by atoms with Gasteiger partial charge in [-0.15, -0.1) is 0 Å². The van der Waals surface area contributed by atoms with Crippen molar-refractivity contribution in [2.24, 2.45) is 0 Å². The van der Waals surface area contributed by atoms with E-state index in [9.17, 15) is 4.79 Å². The van der Waals surface area contributed by atoms with Gasteiger partial charge in [-0.3, -0.25) is 4.79 Å². The number of hydrogen-bond donors (Lipinski definition) is 1. The van der Waals surface area contributed by atoms with E-state index in [-0.39, 0.29) is 5.91 Å². The molecular formula is C14H18ClN4O2+. The van der Waals surface area contributed by atoms with Crippen molar-refractivity contribution in [3.8, 4) is 11.4 Å². The van der Waals surface area contributed by atoms with Crippen molar-refractivity contribution >= 4 is 17.5 Å². The summed E-state index contributed by atoms with van der Waals surface area (Å²) in [4.78, 5) is 18.5. The van der Waals surface area contributed by atoms with E-state index < -0.39 is 0 Å². The smallest absolute Gasteiger partial charge is 0.282 e. The molecule has 6 nitrogen and oxygen atoms in total. The Morgan fingerprint density at radius 2 is 2.00 bits per heavy atom. The van der Waals surface area contributed by atoms with Crippen molar-refractivity contribution in [2.45, 2.75) is 6.54 Å². The van der Waals surface area contributed by atoms with Crippen LogP contribution in [0.2, 0.25) is 5.02 Å². The summed E-state index contributed by atoms with van der Waals surface area (Å²) in [5.41, 5.74) is 0.844. The Morgan fingerprint density at radius 1 is 1.33 bits per heavy atom. The fourth-order valence-corrected chi connectivity index (χ4v) is 1.91. The number of rotatable bonds is 5. The Balaban J connectivity index is 2.00. The maximum absolute atomic E-state index is 11.6. The molecule has 0 saturated carbocycles. The molecule has 1 unspecified atom stereocenters. The lowest BCUT2D eigenvalue weighted by molar-refractivity contribution is -0.887. The minimum Gasteiger partial charge on any atom is -0.344 e. The molecule has 0 fully saturated rings. The number of aromatic nitrogens is 2. The maximum Gasteiger partial charge on any atom is 0.282 e. The van der Waals surface area contributed by atoms with Gasteiger partial charge in [-0.05, 0) is 24.3 Å². The highest BCUT2D eigenvalue weighted by molar-refractivity contribution is 6.30. The number of nitrogens with zero attached hydrogens (tertiary/aromatic N) is 3. The first-order chi connectivity index (χ1) is 9.95. The first kappa shape index (κ1) is 15.5. The van der Waals surface area contributed by atoms with Crippen LogP contribution in [0.5, 0.6) is 0 Å². The summed E-state index contributed by atoms with van der Waals surface area (Å²) in [6.45, 7) is 0.881. The monoisotopic (exact) mass is 309 g/mol. The number of halogens is 1. The van der Waals surface area contributed by atoms with Crippen LogP contribution in [0.1, 0.15) is 5.89 Å². The predicted octanol–water partition coefficient (Wildman–Crippen LogP) is 0.493. The molecule has 0 aliphatic heterocycles. The van der Waals surface area contributed by atoms with Gasteiger partial charge in [0.05, 0.1) is 7.05 Å². The van der Waals surface area contributed by atoms with E-state index in [2.05, 4.69) is 10.1 Å². The molecule has 1 aromatic carbocycles. The van der Waals surface area contributed by atoms with Crippen LogP contribution in [0.15, 0.2) is 28.8 Å². The molecule has 0 aliphatic carbocycles. The van der Waals surface area contributed by atoms with Crippen molar-refractivity contribution in [3.63, 3.8) is 0 Å². The van der Waals surface area contributed by atoms with Gasteiger partial charge < -0.3 is 14.3 Å². The fourth-order valence-electron chi connectivity index (χ4n) is 1.78.